The maximum Gasteiger partial charge on any atom is 0.460 e. The van der Waals surface area contributed by atoms with Crippen molar-refractivity contribution in [3.63, 3.8) is 0 Å². The highest BCUT2D eigenvalue weighted by molar-refractivity contribution is 5.18. The summed E-state index contributed by atoms with van der Waals surface area (Å²) in [6.45, 7) is -2.87. The average molecular weight is 616 g/mol. The first kappa shape index (κ1) is 35.3. The van der Waals surface area contributed by atoms with Crippen LogP contribution in [-0.2, 0) is 4.74 Å². The highest BCUT2D eigenvalue weighted by Crippen LogP contribution is 2.67. The lowest BCUT2D eigenvalue weighted by atomic mass is 9.86. The second-order valence-electron chi connectivity index (χ2n) is 6.46. The molecule has 2 nitrogen and oxygen atoms in total. The molecule has 224 valence electrons. The summed E-state index contributed by atoms with van der Waals surface area (Å²) in [4.78, 5) is 0. The van der Waals surface area contributed by atoms with Gasteiger partial charge in [-0.25, -0.2) is 0 Å². The molecule has 0 radical (unpaired) electrons. The lowest BCUT2D eigenvalue weighted by Gasteiger charge is -2.45. The van der Waals surface area contributed by atoms with Gasteiger partial charge < -0.3 is 5.11 Å². The van der Waals surface area contributed by atoms with Gasteiger partial charge in [-0.3, -0.25) is 4.74 Å². The molecule has 0 fully saturated rings. The monoisotopic (exact) mass is 616 g/mol. The molecule has 0 unspecified atom stereocenters. The molecule has 1 N–H and O–H groups in total. The Morgan fingerprint density at radius 1 is 0.324 bits per heavy atom. The summed E-state index contributed by atoms with van der Waals surface area (Å²) in [6.07, 6.45) is -15.4. The molecule has 0 aromatic carbocycles. The minimum absolute atomic E-state index is 2.08. The van der Waals surface area contributed by atoms with E-state index in [1.54, 1.807) is 0 Å². The van der Waals surface area contributed by atoms with Crippen molar-refractivity contribution < 1.29 is 111 Å². The van der Waals surface area contributed by atoms with E-state index in [2.05, 4.69) is 4.74 Å². The molecule has 0 spiro atoms. The highest BCUT2D eigenvalue weighted by Gasteiger charge is 2.99. The number of rotatable bonds is 11. The lowest BCUT2D eigenvalue weighted by molar-refractivity contribution is -0.488. The van der Waals surface area contributed by atoms with Gasteiger partial charge >= 0.3 is 65.6 Å². The van der Waals surface area contributed by atoms with Crippen LogP contribution in [0.25, 0.3) is 0 Å². The van der Waals surface area contributed by atoms with Crippen molar-refractivity contribution in [3.8, 4) is 0 Å². The molecule has 0 amide bonds. The van der Waals surface area contributed by atoms with Crippen molar-refractivity contribution in [1.29, 1.82) is 0 Å². The predicted octanol–water partition coefficient (Wildman–Crippen LogP) is 6.83. The quantitative estimate of drug-likeness (QED) is 0.204. The minimum Gasteiger partial charge on any atom is -0.370 e. The van der Waals surface area contributed by atoms with Crippen LogP contribution in [0.3, 0.4) is 0 Å². The predicted molar refractivity (Wildman–Crippen MR) is 63.7 cm³/mol. The Bertz CT molecular complexity index is 822. The van der Waals surface area contributed by atoms with Crippen molar-refractivity contribution in [2.75, 3.05) is 6.79 Å². The normalized spacial score (nSPS) is 16.9. The summed E-state index contributed by atoms with van der Waals surface area (Å²) in [6, 6.07) is 0. The smallest absolute Gasteiger partial charge is 0.370 e. The van der Waals surface area contributed by atoms with Gasteiger partial charge in [-0.2, -0.15) is 101 Å². The second kappa shape index (κ2) is 8.66. The number of halogens is 23. The molecule has 37 heavy (non-hydrogen) atoms. The standard InChI is InChI=1S/C12H3F23O2/c13-2(14,3(15,16)5(19,20)7(23,24)9(27,28)11(31,32)33)4(17,18)6(21,22)8(25,26)10(29,30)12(34,35)37-1-36/h36H,1H2. The molecule has 0 heterocycles. The summed E-state index contributed by atoms with van der Waals surface area (Å²) < 4.78 is 301. The van der Waals surface area contributed by atoms with E-state index < -0.39 is 72.4 Å². The van der Waals surface area contributed by atoms with E-state index in [0.717, 1.165) is 0 Å². The van der Waals surface area contributed by atoms with Crippen LogP contribution in [0.2, 0.25) is 0 Å². The molecular formula is C12H3F23O2. The molecule has 0 aromatic rings. The minimum atomic E-state index is -9.44. The number of hydrogen-bond donors (Lipinski definition) is 1. The van der Waals surface area contributed by atoms with Gasteiger partial charge in [0.15, 0.2) is 0 Å². The Balaban J connectivity index is 7.17. The van der Waals surface area contributed by atoms with Gasteiger partial charge in [-0.05, 0) is 0 Å². The number of aliphatic hydroxyl groups is 1. The first-order chi connectivity index (χ1) is 15.6. The third-order valence-corrected chi connectivity index (χ3v) is 4.12. The zero-order valence-electron chi connectivity index (χ0n) is 15.8. The molecule has 0 saturated carbocycles. The Morgan fingerprint density at radius 3 is 0.703 bits per heavy atom. The molecular weight excluding hydrogens is 613 g/mol. The van der Waals surface area contributed by atoms with Crippen LogP contribution in [0.4, 0.5) is 101 Å². The van der Waals surface area contributed by atoms with Crippen molar-refractivity contribution in [2.24, 2.45) is 0 Å². The fraction of sp³-hybridized carbons (Fsp3) is 1.00. The molecule has 25 heteroatoms. The zero-order chi connectivity index (χ0) is 30.9. The van der Waals surface area contributed by atoms with Crippen molar-refractivity contribution in [1.82, 2.24) is 0 Å². The molecule has 0 aliphatic rings. The van der Waals surface area contributed by atoms with Crippen molar-refractivity contribution in [2.45, 2.75) is 65.6 Å². The molecule has 0 aliphatic heterocycles. The van der Waals surface area contributed by atoms with Crippen LogP contribution >= 0.6 is 0 Å². The summed E-state index contributed by atoms with van der Waals surface area (Å²) in [7, 11) is 0. The summed E-state index contributed by atoms with van der Waals surface area (Å²) >= 11 is 0. The molecule has 0 aliphatic carbocycles. The van der Waals surface area contributed by atoms with Crippen LogP contribution in [0.1, 0.15) is 0 Å². The van der Waals surface area contributed by atoms with Crippen LogP contribution in [0.15, 0.2) is 0 Å². The van der Waals surface area contributed by atoms with Crippen molar-refractivity contribution >= 4 is 0 Å². The number of aliphatic hydroxyl groups excluding tert-OH is 1. The first-order valence-electron chi connectivity index (χ1n) is 7.66. The molecule has 0 saturated heterocycles. The van der Waals surface area contributed by atoms with Gasteiger partial charge in [0.05, 0.1) is 0 Å². The van der Waals surface area contributed by atoms with E-state index in [4.69, 9.17) is 5.11 Å². The van der Waals surface area contributed by atoms with E-state index in [-0.39, 0.29) is 0 Å². The fourth-order valence-electron chi connectivity index (χ4n) is 1.91. The van der Waals surface area contributed by atoms with Crippen molar-refractivity contribution in [3.05, 3.63) is 0 Å². The van der Waals surface area contributed by atoms with Gasteiger partial charge in [0.2, 0.25) is 0 Å². The Labute approximate surface area is 184 Å². The van der Waals surface area contributed by atoms with E-state index in [1.807, 2.05) is 0 Å². The summed E-state index contributed by atoms with van der Waals surface area (Å²) in [5.74, 6) is -81.4. The lowest BCUT2D eigenvalue weighted by Crippen LogP contribution is -2.77. The Hall–Kier alpha value is -1.69. The van der Waals surface area contributed by atoms with E-state index >= 15 is 0 Å². The van der Waals surface area contributed by atoms with Crippen LogP contribution in [0, 0.1) is 0 Å². The summed E-state index contributed by atoms with van der Waals surface area (Å²) in [5.41, 5.74) is 0. The number of alkyl halides is 23. The SMILES string of the molecule is OCOC(F)(F)C(F)(F)C(F)(F)C(F)(F)C(F)(F)C(F)(F)C(F)(F)C(F)(F)C(F)(F)C(F)(F)C(F)(F)F. The van der Waals surface area contributed by atoms with Gasteiger partial charge in [0, 0.05) is 0 Å². The molecule has 0 rings (SSSR count). The maximum absolute atomic E-state index is 13.4. The third-order valence-electron chi connectivity index (χ3n) is 4.12. The van der Waals surface area contributed by atoms with Crippen LogP contribution in [0.5, 0.6) is 0 Å². The van der Waals surface area contributed by atoms with E-state index in [1.165, 1.54) is 0 Å². The van der Waals surface area contributed by atoms with Gasteiger partial charge in [0.25, 0.3) is 0 Å². The number of ether oxygens (including phenoxy) is 1. The second-order valence-corrected chi connectivity index (χ2v) is 6.46. The van der Waals surface area contributed by atoms with Gasteiger partial charge in [-0.1, -0.05) is 0 Å². The Kier molecular flexibility index (Phi) is 8.26. The average Bonchev–Trinajstić information content (AvgIpc) is 2.65. The number of hydrogen-bond acceptors (Lipinski definition) is 2. The highest BCUT2D eigenvalue weighted by atomic mass is 19.4. The van der Waals surface area contributed by atoms with Crippen LogP contribution < -0.4 is 0 Å². The van der Waals surface area contributed by atoms with E-state index in [9.17, 15) is 101 Å². The van der Waals surface area contributed by atoms with Crippen LogP contribution in [-0.4, -0.2) is 77.5 Å². The molecule has 0 aromatic heterocycles. The molecule has 0 bridgehead atoms. The largest absolute Gasteiger partial charge is 0.460 e. The zero-order valence-corrected chi connectivity index (χ0v) is 15.8. The third kappa shape index (κ3) is 4.20. The first-order valence-corrected chi connectivity index (χ1v) is 7.66. The fourth-order valence-corrected chi connectivity index (χ4v) is 1.91. The Morgan fingerprint density at radius 2 is 0.514 bits per heavy atom. The van der Waals surface area contributed by atoms with E-state index in [0.29, 0.717) is 0 Å². The molecule has 0 atom stereocenters. The summed E-state index contributed by atoms with van der Waals surface area (Å²) in [5, 5.41) is 7.79. The topological polar surface area (TPSA) is 29.5 Å². The van der Waals surface area contributed by atoms with Gasteiger partial charge in [0.1, 0.15) is 6.79 Å². The maximum atomic E-state index is 13.4. The van der Waals surface area contributed by atoms with Gasteiger partial charge in [-0.15, -0.1) is 0 Å².